The Labute approximate surface area is 207 Å². The van der Waals surface area contributed by atoms with E-state index in [0.29, 0.717) is 33.7 Å². The van der Waals surface area contributed by atoms with E-state index in [2.05, 4.69) is 39.8 Å². The van der Waals surface area contributed by atoms with Gasteiger partial charge in [0.1, 0.15) is 11.0 Å². The molecule has 0 radical (unpaired) electrons. The van der Waals surface area contributed by atoms with Crippen LogP contribution in [0.1, 0.15) is 52.4 Å². The molecule has 0 unspecified atom stereocenters. The van der Waals surface area contributed by atoms with Crippen LogP contribution in [0.4, 0.5) is 11.5 Å². The second kappa shape index (κ2) is 10.8. The minimum atomic E-state index is 0.376. The van der Waals surface area contributed by atoms with Crippen LogP contribution >= 0.6 is 23.2 Å². The Morgan fingerprint density at radius 2 is 1.79 bits per heavy atom. The molecule has 3 N–H and O–H groups in total. The number of pyridine rings is 2. The Kier molecular flexibility index (Phi) is 8.00. The molecular formula is C25H35Cl2N5O. The quantitative estimate of drug-likeness (QED) is 0.353. The van der Waals surface area contributed by atoms with Crippen LogP contribution in [0.15, 0.2) is 24.5 Å². The number of aromatic nitrogens is 2. The van der Waals surface area contributed by atoms with E-state index in [4.69, 9.17) is 27.9 Å². The van der Waals surface area contributed by atoms with Crippen molar-refractivity contribution in [3.05, 3.63) is 34.7 Å². The van der Waals surface area contributed by atoms with Crippen molar-refractivity contribution < 1.29 is 4.74 Å². The molecule has 2 fully saturated rings. The third-order valence-electron chi connectivity index (χ3n) is 6.82. The predicted octanol–water partition coefficient (Wildman–Crippen LogP) is 6.01. The molecule has 2 saturated carbocycles. The topological polar surface area (TPSA) is 71.1 Å². The number of hydrogen-bond acceptors (Lipinski definition) is 6. The first-order valence-electron chi connectivity index (χ1n) is 11.9. The fourth-order valence-corrected chi connectivity index (χ4v) is 4.89. The van der Waals surface area contributed by atoms with Gasteiger partial charge in [0.15, 0.2) is 0 Å². The molecule has 0 saturated heterocycles. The smallest absolute Gasteiger partial charge is 0.137 e. The number of methoxy groups -OCH3 is 1. The van der Waals surface area contributed by atoms with Crippen LogP contribution in [0.25, 0.3) is 11.1 Å². The molecule has 0 aromatic carbocycles. The SMILES string of the molecule is COC[C@@H](C)N[C@H]1CC[C@H](Nc2cc(-c3cc(NCC4(C)CC4)cnc3Cl)c(Cl)cn2)CC1. The molecule has 2 aliphatic rings. The third-order valence-corrected chi connectivity index (χ3v) is 7.43. The van der Waals surface area contributed by atoms with Crippen molar-refractivity contribution in [3.8, 4) is 11.1 Å². The van der Waals surface area contributed by atoms with Gasteiger partial charge in [-0.3, -0.25) is 0 Å². The highest BCUT2D eigenvalue weighted by Crippen LogP contribution is 2.45. The molecule has 4 rings (SSSR count). The van der Waals surface area contributed by atoms with Crippen LogP contribution in [-0.2, 0) is 4.74 Å². The molecule has 2 aromatic heterocycles. The molecule has 33 heavy (non-hydrogen) atoms. The summed E-state index contributed by atoms with van der Waals surface area (Å²) >= 11 is 13.0. The lowest BCUT2D eigenvalue weighted by Crippen LogP contribution is -2.42. The molecule has 2 aromatic rings. The zero-order valence-corrected chi connectivity index (χ0v) is 21.3. The van der Waals surface area contributed by atoms with Crippen LogP contribution in [0, 0.1) is 5.41 Å². The highest BCUT2D eigenvalue weighted by atomic mass is 35.5. The van der Waals surface area contributed by atoms with E-state index in [1.54, 1.807) is 19.5 Å². The van der Waals surface area contributed by atoms with Crippen LogP contribution in [0.5, 0.6) is 0 Å². The monoisotopic (exact) mass is 491 g/mol. The van der Waals surface area contributed by atoms with Gasteiger partial charge in [0, 0.05) is 49.1 Å². The van der Waals surface area contributed by atoms with E-state index < -0.39 is 0 Å². The standard InChI is InChI=1S/C25H35Cl2N5O/c1-16(14-33-3)31-17-4-6-18(7-5-17)32-23-11-20(22(26)13-28-23)21-10-19(12-29-24(21)27)30-15-25(2)8-9-25/h10-13,16-18,30-31H,4-9,14-15H2,1-3H3,(H,28,32)/t16-,17-,18-/m1/s1. The van der Waals surface area contributed by atoms with Gasteiger partial charge in [0.2, 0.25) is 0 Å². The summed E-state index contributed by atoms with van der Waals surface area (Å²) in [5.74, 6) is 0.818. The Bertz CT molecular complexity index is 944. The summed E-state index contributed by atoms with van der Waals surface area (Å²) in [5.41, 5.74) is 3.02. The maximum atomic E-state index is 6.54. The van der Waals surface area contributed by atoms with E-state index >= 15 is 0 Å². The number of halogens is 2. The summed E-state index contributed by atoms with van der Waals surface area (Å²) in [7, 11) is 1.75. The van der Waals surface area contributed by atoms with Gasteiger partial charge in [-0.1, -0.05) is 30.1 Å². The van der Waals surface area contributed by atoms with E-state index in [0.717, 1.165) is 61.5 Å². The molecule has 6 nitrogen and oxygen atoms in total. The predicted molar refractivity (Wildman–Crippen MR) is 137 cm³/mol. The number of rotatable bonds is 10. The average molecular weight is 492 g/mol. The van der Waals surface area contributed by atoms with Gasteiger partial charge >= 0.3 is 0 Å². The van der Waals surface area contributed by atoms with Crippen LogP contribution < -0.4 is 16.0 Å². The maximum absolute atomic E-state index is 6.54. The molecule has 0 bridgehead atoms. The average Bonchev–Trinajstić information content (AvgIpc) is 3.53. The summed E-state index contributed by atoms with van der Waals surface area (Å²) < 4.78 is 5.24. The Morgan fingerprint density at radius 1 is 1.06 bits per heavy atom. The van der Waals surface area contributed by atoms with Crippen LogP contribution in [-0.4, -0.2) is 48.4 Å². The largest absolute Gasteiger partial charge is 0.383 e. The first-order chi connectivity index (χ1) is 15.8. The summed E-state index contributed by atoms with van der Waals surface area (Å²) in [6.07, 6.45) is 10.5. The van der Waals surface area contributed by atoms with Gasteiger partial charge in [-0.15, -0.1) is 0 Å². The first-order valence-corrected chi connectivity index (χ1v) is 12.7. The summed E-state index contributed by atoms with van der Waals surface area (Å²) in [5, 5.41) is 11.8. The van der Waals surface area contributed by atoms with Gasteiger partial charge < -0.3 is 20.7 Å². The van der Waals surface area contributed by atoms with Crippen LogP contribution in [0.3, 0.4) is 0 Å². The fourth-order valence-electron chi connectivity index (χ4n) is 4.48. The molecule has 0 aliphatic heterocycles. The number of anilines is 2. The number of nitrogens with zero attached hydrogens (tertiary/aromatic N) is 2. The molecule has 1 atom stereocenters. The van der Waals surface area contributed by atoms with Crippen molar-refractivity contribution in [2.45, 2.75) is 70.5 Å². The zero-order valence-electron chi connectivity index (χ0n) is 19.8. The Hall–Kier alpha value is -1.60. The lowest BCUT2D eigenvalue weighted by Gasteiger charge is -2.32. The van der Waals surface area contributed by atoms with Gasteiger partial charge in [-0.2, -0.15) is 0 Å². The highest BCUT2D eigenvalue weighted by Gasteiger charge is 2.36. The first kappa shape index (κ1) is 24.5. The minimum Gasteiger partial charge on any atom is -0.383 e. The van der Waals surface area contributed by atoms with Crippen LogP contribution in [0.2, 0.25) is 10.2 Å². The second-order valence-electron chi connectivity index (χ2n) is 9.99. The molecule has 0 amide bonds. The number of hydrogen-bond donors (Lipinski definition) is 3. The third kappa shape index (κ3) is 6.72. The summed E-state index contributed by atoms with van der Waals surface area (Å²) in [6, 6.07) is 5.33. The normalized spacial score (nSPS) is 22.6. The minimum absolute atomic E-state index is 0.376. The molecule has 0 spiro atoms. The van der Waals surface area contributed by atoms with Gasteiger partial charge in [-0.05, 0) is 63.0 Å². The molecule has 8 heteroatoms. The van der Waals surface area contributed by atoms with Crippen molar-refractivity contribution in [2.24, 2.45) is 5.41 Å². The van der Waals surface area contributed by atoms with E-state index in [1.807, 2.05) is 12.1 Å². The van der Waals surface area contributed by atoms with Crippen molar-refractivity contribution >= 4 is 34.7 Å². The number of ether oxygens (including phenoxy) is 1. The van der Waals surface area contributed by atoms with Crippen molar-refractivity contribution in [1.29, 1.82) is 0 Å². The van der Waals surface area contributed by atoms with Gasteiger partial charge in [0.05, 0.1) is 23.5 Å². The summed E-state index contributed by atoms with van der Waals surface area (Å²) in [6.45, 7) is 6.15. The van der Waals surface area contributed by atoms with E-state index in [9.17, 15) is 0 Å². The van der Waals surface area contributed by atoms with E-state index in [-0.39, 0.29) is 0 Å². The molecule has 2 aliphatic carbocycles. The summed E-state index contributed by atoms with van der Waals surface area (Å²) in [4.78, 5) is 8.92. The molecule has 2 heterocycles. The second-order valence-corrected chi connectivity index (χ2v) is 10.8. The lowest BCUT2D eigenvalue weighted by molar-refractivity contribution is 0.161. The fraction of sp³-hybridized carbons (Fsp3) is 0.600. The van der Waals surface area contributed by atoms with Gasteiger partial charge in [0.25, 0.3) is 0 Å². The zero-order chi connectivity index (χ0) is 23.4. The molecule has 180 valence electrons. The van der Waals surface area contributed by atoms with Crippen molar-refractivity contribution in [3.63, 3.8) is 0 Å². The number of nitrogens with one attached hydrogen (secondary N) is 3. The highest BCUT2D eigenvalue weighted by molar-refractivity contribution is 6.36. The Morgan fingerprint density at radius 3 is 2.48 bits per heavy atom. The maximum Gasteiger partial charge on any atom is 0.137 e. The van der Waals surface area contributed by atoms with E-state index in [1.165, 1.54) is 12.8 Å². The van der Waals surface area contributed by atoms with Gasteiger partial charge in [-0.25, -0.2) is 9.97 Å². The molecular weight excluding hydrogens is 457 g/mol. The van der Waals surface area contributed by atoms with Crippen molar-refractivity contribution in [1.82, 2.24) is 15.3 Å². The van der Waals surface area contributed by atoms with Crippen molar-refractivity contribution in [2.75, 3.05) is 30.9 Å². The Balaban J connectivity index is 1.40. The lowest BCUT2D eigenvalue weighted by atomic mass is 9.90.